The number of rotatable bonds is 4. The quantitative estimate of drug-likeness (QED) is 0.719. The summed E-state index contributed by atoms with van der Waals surface area (Å²) in [6.45, 7) is 3.20. The normalized spacial score (nSPS) is 16.7. The monoisotopic (exact) mass is 377 g/mol. The number of hydrogen-bond donors (Lipinski definition) is 2. The molecule has 144 valence electrons. The fourth-order valence-electron chi connectivity index (χ4n) is 3.64. The Morgan fingerprint density at radius 2 is 1.79 bits per heavy atom. The van der Waals surface area contributed by atoms with E-state index in [1.54, 1.807) is 0 Å². The number of fused-ring (bicyclic) bond motifs is 2. The highest BCUT2D eigenvalue weighted by atomic mass is 16.6. The maximum absolute atomic E-state index is 6.17. The summed E-state index contributed by atoms with van der Waals surface area (Å²) >= 11 is 0. The van der Waals surface area contributed by atoms with Crippen LogP contribution in [0.1, 0.15) is 12.8 Å². The van der Waals surface area contributed by atoms with Crippen molar-refractivity contribution in [2.24, 2.45) is 0 Å². The van der Waals surface area contributed by atoms with Crippen molar-refractivity contribution in [3.8, 4) is 17.2 Å². The lowest BCUT2D eigenvalue weighted by atomic mass is 10.1. The Labute approximate surface area is 163 Å². The molecule has 1 saturated heterocycles. The number of pyridine rings is 1. The summed E-state index contributed by atoms with van der Waals surface area (Å²) in [5.74, 6) is 3.23. The van der Waals surface area contributed by atoms with Gasteiger partial charge in [0, 0.05) is 23.3 Å². The molecule has 1 fully saturated rings. The molecule has 3 heterocycles. The number of hydrogen-bond acceptors (Lipinski definition) is 6. The van der Waals surface area contributed by atoms with E-state index in [1.807, 2.05) is 36.5 Å². The number of anilines is 2. The molecule has 2 N–H and O–H groups in total. The Morgan fingerprint density at radius 1 is 0.929 bits per heavy atom. The molecular weight excluding hydrogens is 354 g/mol. The molecule has 6 nitrogen and oxygen atoms in total. The Balaban J connectivity index is 1.36. The molecule has 0 bridgehead atoms. The van der Waals surface area contributed by atoms with Gasteiger partial charge in [-0.25, -0.2) is 4.98 Å². The minimum atomic E-state index is 0.288. The molecule has 3 aromatic rings. The summed E-state index contributed by atoms with van der Waals surface area (Å²) < 4.78 is 17.4. The smallest absolute Gasteiger partial charge is 0.163 e. The Morgan fingerprint density at radius 3 is 2.68 bits per heavy atom. The molecule has 0 unspecified atom stereocenters. The zero-order valence-corrected chi connectivity index (χ0v) is 15.6. The third-order valence-electron chi connectivity index (χ3n) is 5.10. The van der Waals surface area contributed by atoms with Gasteiger partial charge in [-0.3, -0.25) is 0 Å². The Hall–Kier alpha value is -2.99. The lowest BCUT2D eigenvalue weighted by Gasteiger charge is -2.24. The van der Waals surface area contributed by atoms with Crippen molar-refractivity contribution in [3.05, 3.63) is 48.7 Å². The van der Waals surface area contributed by atoms with E-state index in [-0.39, 0.29) is 6.10 Å². The Bertz CT molecular complexity index is 986. The summed E-state index contributed by atoms with van der Waals surface area (Å²) in [5, 5.41) is 8.90. The summed E-state index contributed by atoms with van der Waals surface area (Å²) in [6.07, 6.45) is 4.26. The van der Waals surface area contributed by atoms with Crippen molar-refractivity contribution in [1.29, 1.82) is 0 Å². The molecule has 2 aromatic carbocycles. The van der Waals surface area contributed by atoms with Crippen LogP contribution in [0.2, 0.25) is 0 Å². The number of piperidine rings is 1. The standard InChI is InChI=1S/C22H23N3O3/c1-3-19(28-18-5-7-23-8-6-18)11-16-12-22(24-14-15(1)16)25-17-2-4-20-21(13-17)27-10-9-26-20/h1-4,11-14,18,23H,5-10H2,(H,24,25). The van der Waals surface area contributed by atoms with E-state index in [0.29, 0.717) is 13.2 Å². The van der Waals surface area contributed by atoms with Crippen LogP contribution >= 0.6 is 0 Å². The van der Waals surface area contributed by atoms with Crippen molar-refractivity contribution in [1.82, 2.24) is 10.3 Å². The second-order valence-corrected chi connectivity index (χ2v) is 7.13. The van der Waals surface area contributed by atoms with E-state index >= 15 is 0 Å². The molecule has 28 heavy (non-hydrogen) atoms. The topological polar surface area (TPSA) is 64.6 Å². The maximum Gasteiger partial charge on any atom is 0.163 e. The molecule has 1 aromatic heterocycles. The number of nitrogens with zero attached hydrogens (tertiary/aromatic N) is 1. The minimum Gasteiger partial charge on any atom is -0.490 e. The van der Waals surface area contributed by atoms with E-state index in [2.05, 4.69) is 27.8 Å². The predicted octanol–water partition coefficient (Wildman–Crippen LogP) is 3.88. The predicted molar refractivity (Wildman–Crippen MR) is 109 cm³/mol. The summed E-state index contributed by atoms with van der Waals surface area (Å²) in [6, 6.07) is 14.1. The SMILES string of the molecule is c1cc2c(cc1Nc1cc3cc(OC4CCNCC4)ccc3cn1)OCCO2. The van der Waals surface area contributed by atoms with Crippen LogP contribution in [0.25, 0.3) is 10.8 Å². The van der Waals surface area contributed by atoms with Gasteiger partial charge in [-0.1, -0.05) is 0 Å². The van der Waals surface area contributed by atoms with Gasteiger partial charge in [-0.15, -0.1) is 0 Å². The number of ether oxygens (including phenoxy) is 3. The first kappa shape index (κ1) is 17.1. The second-order valence-electron chi connectivity index (χ2n) is 7.13. The highest BCUT2D eigenvalue weighted by molar-refractivity contribution is 5.86. The van der Waals surface area contributed by atoms with E-state index in [4.69, 9.17) is 14.2 Å². The van der Waals surface area contributed by atoms with Gasteiger partial charge in [0.2, 0.25) is 0 Å². The van der Waals surface area contributed by atoms with Gasteiger partial charge >= 0.3 is 0 Å². The highest BCUT2D eigenvalue weighted by Gasteiger charge is 2.15. The van der Waals surface area contributed by atoms with Crippen molar-refractivity contribution >= 4 is 22.3 Å². The summed E-state index contributed by atoms with van der Waals surface area (Å²) in [7, 11) is 0. The zero-order chi connectivity index (χ0) is 18.8. The molecule has 0 aliphatic carbocycles. The second kappa shape index (κ2) is 7.56. The van der Waals surface area contributed by atoms with E-state index in [9.17, 15) is 0 Å². The van der Waals surface area contributed by atoms with Crippen LogP contribution in [0.4, 0.5) is 11.5 Å². The van der Waals surface area contributed by atoms with Gasteiger partial charge < -0.3 is 24.8 Å². The lowest BCUT2D eigenvalue weighted by Crippen LogP contribution is -2.34. The average molecular weight is 377 g/mol. The van der Waals surface area contributed by atoms with Crippen LogP contribution in [-0.4, -0.2) is 37.4 Å². The van der Waals surface area contributed by atoms with Crippen LogP contribution in [0.3, 0.4) is 0 Å². The van der Waals surface area contributed by atoms with Crippen molar-refractivity contribution < 1.29 is 14.2 Å². The fourth-order valence-corrected chi connectivity index (χ4v) is 3.64. The fraction of sp³-hybridized carbons (Fsp3) is 0.318. The number of nitrogens with one attached hydrogen (secondary N) is 2. The van der Waals surface area contributed by atoms with Crippen LogP contribution in [0, 0.1) is 0 Å². The van der Waals surface area contributed by atoms with Crippen molar-refractivity contribution in [2.75, 3.05) is 31.6 Å². The lowest BCUT2D eigenvalue weighted by molar-refractivity contribution is 0.162. The molecule has 0 saturated carbocycles. The van der Waals surface area contributed by atoms with E-state index in [0.717, 1.165) is 65.5 Å². The van der Waals surface area contributed by atoms with Crippen LogP contribution < -0.4 is 24.8 Å². The maximum atomic E-state index is 6.17. The average Bonchev–Trinajstić information content (AvgIpc) is 2.74. The molecule has 2 aliphatic heterocycles. The van der Waals surface area contributed by atoms with E-state index < -0.39 is 0 Å². The number of benzene rings is 2. The first-order valence-corrected chi connectivity index (χ1v) is 9.77. The molecule has 0 amide bonds. The molecule has 2 aliphatic rings. The molecular formula is C22H23N3O3. The first-order valence-electron chi connectivity index (χ1n) is 9.77. The molecule has 5 rings (SSSR count). The third kappa shape index (κ3) is 3.68. The third-order valence-corrected chi connectivity index (χ3v) is 5.10. The van der Waals surface area contributed by atoms with E-state index in [1.165, 1.54) is 0 Å². The number of aromatic nitrogens is 1. The van der Waals surface area contributed by atoms with Crippen LogP contribution in [-0.2, 0) is 0 Å². The first-order chi connectivity index (χ1) is 13.8. The minimum absolute atomic E-state index is 0.288. The van der Waals surface area contributed by atoms with Crippen molar-refractivity contribution in [3.63, 3.8) is 0 Å². The van der Waals surface area contributed by atoms with Gasteiger partial charge in [0.05, 0.1) is 0 Å². The molecule has 0 spiro atoms. The van der Waals surface area contributed by atoms with Crippen molar-refractivity contribution in [2.45, 2.75) is 18.9 Å². The Kier molecular flexibility index (Phi) is 4.62. The van der Waals surface area contributed by atoms with Gasteiger partial charge in [-0.2, -0.15) is 0 Å². The van der Waals surface area contributed by atoms with Gasteiger partial charge in [0.15, 0.2) is 11.5 Å². The van der Waals surface area contributed by atoms with Gasteiger partial charge in [0.1, 0.15) is 30.9 Å². The molecule has 0 atom stereocenters. The zero-order valence-electron chi connectivity index (χ0n) is 15.6. The van der Waals surface area contributed by atoms with Gasteiger partial charge in [-0.05, 0) is 67.7 Å². The van der Waals surface area contributed by atoms with Crippen LogP contribution in [0.15, 0.2) is 48.7 Å². The highest BCUT2D eigenvalue weighted by Crippen LogP contribution is 2.34. The summed E-state index contributed by atoms with van der Waals surface area (Å²) in [5.41, 5.74) is 0.915. The van der Waals surface area contributed by atoms with Crippen LogP contribution in [0.5, 0.6) is 17.2 Å². The van der Waals surface area contributed by atoms with Gasteiger partial charge in [0.25, 0.3) is 0 Å². The molecule has 6 heteroatoms. The summed E-state index contributed by atoms with van der Waals surface area (Å²) in [4.78, 5) is 4.53. The largest absolute Gasteiger partial charge is 0.490 e. The molecule has 0 radical (unpaired) electrons.